The molecule has 0 radical (unpaired) electrons. The van der Waals surface area contributed by atoms with Gasteiger partial charge in [0.2, 0.25) is 0 Å². The molecule has 3 fully saturated rings. The Hall–Kier alpha value is -0.650. The summed E-state index contributed by atoms with van der Waals surface area (Å²) >= 11 is 0. The van der Waals surface area contributed by atoms with Gasteiger partial charge in [0.05, 0.1) is 12.2 Å². The molecule has 114 valence electrons. The lowest BCUT2D eigenvalue weighted by atomic mass is 9.87. The quantitative estimate of drug-likeness (QED) is 0.557. The van der Waals surface area contributed by atoms with Crippen molar-refractivity contribution in [1.82, 2.24) is 0 Å². The number of rotatable bonds is 7. The summed E-state index contributed by atoms with van der Waals surface area (Å²) in [6.45, 7) is 2.30. The number of aliphatic hydroxyl groups excluding tert-OH is 1. The first-order valence-electron chi connectivity index (χ1n) is 7.64. The van der Waals surface area contributed by atoms with E-state index >= 15 is 0 Å². The van der Waals surface area contributed by atoms with E-state index in [1.54, 1.807) is 0 Å². The molecule has 5 nitrogen and oxygen atoms in total. The zero-order valence-electron chi connectivity index (χ0n) is 12.2. The van der Waals surface area contributed by atoms with Crippen LogP contribution in [0.5, 0.6) is 0 Å². The fraction of sp³-hybridized carbons (Fsp3) is 0.933. The highest BCUT2D eigenvalue weighted by Gasteiger charge is 2.60. The van der Waals surface area contributed by atoms with Gasteiger partial charge in [0.1, 0.15) is 12.7 Å². The molecule has 0 amide bonds. The number of carbonyl (C=O) groups is 1. The van der Waals surface area contributed by atoms with E-state index in [9.17, 15) is 9.90 Å². The molecule has 2 aliphatic carbocycles. The third-order valence-electron chi connectivity index (χ3n) is 5.18. The molecule has 1 aliphatic heterocycles. The van der Waals surface area contributed by atoms with Crippen LogP contribution < -0.4 is 0 Å². The molecular weight excluding hydrogens is 260 g/mol. The van der Waals surface area contributed by atoms with Crippen LogP contribution in [0.3, 0.4) is 0 Å². The first kappa shape index (κ1) is 14.3. The van der Waals surface area contributed by atoms with Crippen LogP contribution >= 0.6 is 0 Å². The van der Waals surface area contributed by atoms with Crippen LogP contribution in [0.15, 0.2) is 0 Å². The van der Waals surface area contributed by atoms with Gasteiger partial charge in [0, 0.05) is 25.6 Å². The summed E-state index contributed by atoms with van der Waals surface area (Å²) < 4.78 is 16.1. The van der Waals surface area contributed by atoms with Gasteiger partial charge in [-0.25, -0.2) is 4.79 Å². The molecule has 5 heteroatoms. The van der Waals surface area contributed by atoms with Crippen LogP contribution in [0.25, 0.3) is 0 Å². The van der Waals surface area contributed by atoms with Gasteiger partial charge >= 0.3 is 5.97 Å². The maximum absolute atomic E-state index is 11.8. The normalized spacial score (nSPS) is 43.0. The molecule has 1 saturated heterocycles. The maximum atomic E-state index is 11.8. The van der Waals surface area contributed by atoms with Gasteiger partial charge in [-0.2, -0.15) is 0 Å². The van der Waals surface area contributed by atoms with Crippen molar-refractivity contribution in [3.63, 3.8) is 0 Å². The molecule has 0 bridgehead atoms. The first-order chi connectivity index (χ1) is 9.69. The van der Waals surface area contributed by atoms with Crippen LogP contribution in [-0.4, -0.2) is 49.7 Å². The Morgan fingerprint density at radius 2 is 2.20 bits per heavy atom. The van der Waals surface area contributed by atoms with Crippen LogP contribution in [0.2, 0.25) is 0 Å². The van der Waals surface area contributed by atoms with E-state index in [-0.39, 0.29) is 49.3 Å². The lowest BCUT2D eigenvalue weighted by Crippen LogP contribution is -2.36. The Morgan fingerprint density at radius 1 is 1.40 bits per heavy atom. The predicted molar refractivity (Wildman–Crippen MR) is 71.0 cm³/mol. The first-order valence-corrected chi connectivity index (χ1v) is 7.64. The highest BCUT2D eigenvalue weighted by Crippen LogP contribution is 2.55. The topological polar surface area (TPSA) is 68.3 Å². The molecule has 20 heavy (non-hydrogen) atoms. The average molecular weight is 284 g/mol. The number of carbonyl (C=O) groups excluding carboxylic acids is 1. The molecule has 0 aromatic rings. The van der Waals surface area contributed by atoms with Crippen molar-refractivity contribution in [1.29, 1.82) is 0 Å². The summed E-state index contributed by atoms with van der Waals surface area (Å²) in [5.74, 6) is 1.19. The zero-order chi connectivity index (χ0) is 14.3. The molecule has 2 saturated carbocycles. The van der Waals surface area contributed by atoms with E-state index in [0.717, 1.165) is 19.3 Å². The van der Waals surface area contributed by atoms with E-state index in [0.29, 0.717) is 11.8 Å². The smallest absolute Gasteiger partial charge is 0.332 e. The Bertz CT molecular complexity index is 371. The molecule has 0 aromatic carbocycles. The van der Waals surface area contributed by atoms with Crippen molar-refractivity contribution in [2.75, 3.05) is 20.3 Å². The van der Waals surface area contributed by atoms with Gasteiger partial charge in [-0.05, 0) is 24.7 Å². The molecule has 0 aromatic heterocycles. The Balaban J connectivity index is 1.67. The van der Waals surface area contributed by atoms with Gasteiger partial charge in [-0.15, -0.1) is 0 Å². The zero-order valence-corrected chi connectivity index (χ0v) is 12.2. The lowest BCUT2D eigenvalue weighted by molar-refractivity contribution is -0.160. The third-order valence-corrected chi connectivity index (χ3v) is 5.18. The highest BCUT2D eigenvalue weighted by molar-refractivity contribution is 5.71. The Kier molecular flexibility index (Phi) is 4.02. The maximum Gasteiger partial charge on any atom is 0.332 e. The minimum absolute atomic E-state index is 0.000119. The number of epoxide rings is 1. The summed E-state index contributed by atoms with van der Waals surface area (Å²) in [5.41, 5.74) is 0. The summed E-state index contributed by atoms with van der Waals surface area (Å²) in [7, 11) is 1.50. The fourth-order valence-electron chi connectivity index (χ4n) is 3.97. The Labute approximate surface area is 119 Å². The van der Waals surface area contributed by atoms with E-state index in [1.807, 2.05) is 0 Å². The van der Waals surface area contributed by atoms with Crippen LogP contribution in [0, 0.1) is 23.7 Å². The number of ether oxygens (including phenoxy) is 3. The molecule has 3 aliphatic rings. The molecule has 3 rings (SSSR count). The van der Waals surface area contributed by atoms with Crippen molar-refractivity contribution < 1.29 is 24.1 Å². The number of methoxy groups -OCH3 is 1. The summed E-state index contributed by atoms with van der Waals surface area (Å²) in [4.78, 5) is 11.8. The third kappa shape index (κ3) is 2.59. The summed E-state index contributed by atoms with van der Waals surface area (Å²) in [6.07, 6.45) is 3.56. The van der Waals surface area contributed by atoms with E-state index in [4.69, 9.17) is 14.2 Å². The van der Waals surface area contributed by atoms with E-state index < -0.39 is 0 Å². The molecule has 7 atom stereocenters. The van der Waals surface area contributed by atoms with Gasteiger partial charge in [0.15, 0.2) is 0 Å². The Morgan fingerprint density at radius 3 is 2.80 bits per heavy atom. The van der Waals surface area contributed by atoms with Crippen molar-refractivity contribution in [3.8, 4) is 0 Å². The second-order valence-corrected chi connectivity index (χ2v) is 6.34. The molecule has 0 spiro atoms. The second-order valence-electron chi connectivity index (χ2n) is 6.34. The average Bonchev–Trinajstić information content (AvgIpc) is 3.34. The van der Waals surface area contributed by atoms with E-state index in [1.165, 1.54) is 7.11 Å². The molecule has 0 unspecified atom stereocenters. The number of hydrogen-bond acceptors (Lipinski definition) is 5. The minimum atomic E-state index is -0.294. The fourth-order valence-corrected chi connectivity index (χ4v) is 3.97. The SMILES string of the molecule is CC[C@H]1C[C@H]1[C@H](OC(=O)COC)[C@@H]1C[C@@H]2O[C@@H]2[C@H]1CO. The summed E-state index contributed by atoms with van der Waals surface area (Å²) in [6, 6.07) is 0. The minimum Gasteiger partial charge on any atom is -0.460 e. The number of hydrogen-bond donors (Lipinski definition) is 1. The van der Waals surface area contributed by atoms with Gasteiger partial charge in [-0.1, -0.05) is 13.3 Å². The largest absolute Gasteiger partial charge is 0.460 e. The van der Waals surface area contributed by atoms with E-state index in [2.05, 4.69) is 6.92 Å². The van der Waals surface area contributed by atoms with Crippen LogP contribution in [-0.2, 0) is 19.0 Å². The van der Waals surface area contributed by atoms with Crippen molar-refractivity contribution >= 4 is 5.97 Å². The van der Waals surface area contributed by atoms with Crippen molar-refractivity contribution in [2.45, 2.75) is 44.5 Å². The predicted octanol–water partition coefficient (Wildman–Crippen LogP) is 0.986. The summed E-state index contributed by atoms with van der Waals surface area (Å²) in [5, 5.41) is 9.60. The second kappa shape index (κ2) is 5.62. The molecule has 1 N–H and O–H groups in total. The van der Waals surface area contributed by atoms with Gasteiger partial charge in [-0.3, -0.25) is 0 Å². The monoisotopic (exact) mass is 284 g/mol. The van der Waals surface area contributed by atoms with Crippen molar-refractivity contribution in [2.24, 2.45) is 23.7 Å². The number of esters is 1. The number of fused-ring (bicyclic) bond motifs is 1. The van der Waals surface area contributed by atoms with Crippen LogP contribution in [0.1, 0.15) is 26.2 Å². The van der Waals surface area contributed by atoms with Crippen molar-refractivity contribution in [3.05, 3.63) is 0 Å². The highest BCUT2D eigenvalue weighted by atomic mass is 16.6. The number of aliphatic hydroxyl groups is 1. The van der Waals surface area contributed by atoms with Crippen LogP contribution in [0.4, 0.5) is 0 Å². The van der Waals surface area contributed by atoms with Gasteiger partial charge < -0.3 is 19.3 Å². The molecular formula is C15H24O5. The van der Waals surface area contributed by atoms with Gasteiger partial charge in [0.25, 0.3) is 0 Å². The lowest BCUT2D eigenvalue weighted by Gasteiger charge is -2.29. The standard InChI is InChI=1S/C15H24O5/c1-3-8-4-9(8)14(20-13(17)7-18-2)10-5-12-15(19-12)11(10)6-16/h8-12,14-16H,3-7H2,1-2H3/t8-,9+,10+,11-,12-,14-,15+/m0/s1. The molecule has 1 heterocycles.